The Morgan fingerprint density at radius 3 is 2.77 bits per heavy atom. The van der Waals surface area contributed by atoms with Crippen molar-refractivity contribution in [1.82, 2.24) is 9.55 Å². The molecule has 0 radical (unpaired) electrons. The highest BCUT2D eigenvalue weighted by atomic mass is 16.3. The molecule has 4 aromatic rings. The molecule has 2 heterocycles. The molecule has 0 unspecified atom stereocenters. The van der Waals surface area contributed by atoms with Gasteiger partial charge in [0.25, 0.3) is 5.56 Å². The molecule has 4 rings (SSSR count). The average Bonchev–Trinajstić information content (AvgIpc) is 2.93. The SMILES string of the molecule is Cc1ccc2oc(-c3cc(=O)n(C)c4ccccc34)nc2c1. The van der Waals surface area contributed by atoms with Crippen LogP contribution in [0.5, 0.6) is 0 Å². The van der Waals surface area contributed by atoms with Gasteiger partial charge in [-0.15, -0.1) is 0 Å². The summed E-state index contributed by atoms with van der Waals surface area (Å²) in [6, 6.07) is 15.2. The quantitative estimate of drug-likeness (QED) is 0.537. The minimum Gasteiger partial charge on any atom is -0.436 e. The Morgan fingerprint density at radius 2 is 1.91 bits per heavy atom. The Hall–Kier alpha value is -2.88. The molecule has 0 atom stereocenters. The highest BCUT2D eigenvalue weighted by Gasteiger charge is 2.14. The summed E-state index contributed by atoms with van der Waals surface area (Å²) in [6.07, 6.45) is 0. The van der Waals surface area contributed by atoms with Crippen LogP contribution in [-0.2, 0) is 7.05 Å². The van der Waals surface area contributed by atoms with Crippen molar-refractivity contribution in [3.63, 3.8) is 0 Å². The average molecular weight is 290 g/mol. The van der Waals surface area contributed by atoms with Crippen molar-refractivity contribution in [2.45, 2.75) is 6.92 Å². The Balaban J connectivity index is 2.07. The van der Waals surface area contributed by atoms with Crippen LogP contribution in [0.4, 0.5) is 0 Å². The molecule has 0 N–H and O–H groups in total. The maximum atomic E-state index is 12.2. The van der Waals surface area contributed by atoms with Crippen LogP contribution in [0.25, 0.3) is 33.5 Å². The van der Waals surface area contributed by atoms with E-state index >= 15 is 0 Å². The lowest BCUT2D eigenvalue weighted by Crippen LogP contribution is -2.16. The van der Waals surface area contributed by atoms with Crippen molar-refractivity contribution < 1.29 is 4.42 Å². The molecule has 0 spiro atoms. The second kappa shape index (κ2) is 4.56. The molecule has 0 amide bonds. The first-order chi connectivity index (χ1) is 10.6. The summed E-state index contributed by atoms with van der Waals surface area (Å²) < 4.78 is 7.48. The number of pyridine rings is 1. The molecule has 0 aliphatic heterocycles. The molecular formula is C18H14N2O2. The number of aryl methyl sites for hydroxylation is 2. The molecule has 0 fully saturated rings. The third-order valence-electron chi connectivity index (χ3n) is 3.93. The van der Waals surface area contributed by atoms with Crippen LogP contribution in [0.15, 0.2) is 57.7 Å². The van der Waals surface area contributed by atoms with Gasteiger partial charge in [-0.2, -0.15) is 0 Å². The molecule has 0 saturated carbocycles. The second-order valence-corrected chi connectivity index (χ2v) is 5.46. The smallest absolute Gasteiger partial charge is 0.251 e. The largest absolute Gasteiger partial charge is 0.436 e. The van der Waals surface area contributed by atoms with Gasteiger partial charge in [0, 0.05) is 18.5 Å². The Kier molecular flexibility index (Phi) is 2.66. The predicted molar refractivity (Wildman–Crippen MR) is 86.9 cm³/mol. The van der Waals surface area contributed by atoms with Crippen molar-refractivity contribution in [2.75, 3.05) is 0 Å². The first-order valence-electron chi connectivity index (χ1n) is 7.10. The van der Waals surface area contributed by atoms with E-state index in [0.717, 1.165) is 33.1 Å². The molecule has 2 aromatic heterocycles. The van der Waals surface area contributed by atoms with Crippen LogP contribution in [-0.4, -0.2) is 9.55 Å². The molecule has 108 valence electrons. The number of nitrogens with zero attached hydrogens (tertiary/aromatic N) is 2. The zero-order chi connectivity index (χ0) is 15.3. The number of rotatable bonds is 1. The van der Waals surface area contributed by atoms with E-state index in [-0.39, 0.29) is 5.56 Å². The lowest BCUT2D eigenvalue weighted by atomic mass is 10.1. The van der Waals surface area contributed by atoms with Crippen LogP contribution in [0.3, 0.4) is 0 Å². The minimum absolute atomic E-state index is 0.0767. The summed E-state index contributed by atoms with van der Waals surface area (Å²) in [5, 5.41) is 0.952. The van der Waals surface area contributed by atoms with Gasteiger partial charge in [0.1, 0.15) is 5.52 Å². The van der Waals surface area contributed by atoms with Gasteiger partial charge in [0.2, 0.25) is 5.89 Å². The summed E-state index contributed by atoms with van der Waals surface area (Å²) in [5.41, 5.74) is 4.18. The highest BCUT2D eigenvalue weighted by Crippen LogP contribution is 2.29. The third-order valence-corrected chi connectivity index (χ3v) is 3.93. The Labute approximate surface area is 126 Å². The zero-order valence-electron chi connectivity index (χ0n) is 12.3. The van der Waals surface area contributed by atoms with Crippen LogP contribution in [0.2, 0.25) is 0 Å². The molecule has 4 nitrogen and oxygen atoms in total. The predicted octanol–water partition coefficient (Wildman–Crippen LogP) is 3.66. The van der Waals surface area contributed by atoms with E-state index in [2.05, 4.69) is 4.98 Å². The van der Waals surface area contributed by atoms with E-state index in [1.165, 1.54) is 0 Å². The number of aromatic nitrogens is 2. The molecule has 0 aliphatic carbocycles. The summed E-state index contributed by atoms with van der Waals surface area (Å²) in [7, 11) is 1.77. The van der Waals surface area contributed by atoms with Gasteiger partial charge >= 0.3 is 0 Å². The van der Waals surface area contributed by atoms with Crippen LogP contribution in [0, 0.1) is 6.92 Å². The normalized spacial score (nSPS) is 11.4. The van der Waals surface area contributed by atoms with Crippen LogP contribution >= 0.6 is 0 Å². The summed E-state index contributed by atoms with van der Waals surface area (Å²) in [4.78, 5) is 16.7. The van der Waals surface area contributed by atoms with Crippen molar-refractivity contribution in [1.29, 1.82) is 0 Å². The first-order valence-corrected chi connectivity index (χ1v) is 7.10. The minimum atomic E-state index is -0.0767. The van der Waals surface area contributed by atoms with E-state index in [9.17, 15) is 4.79 Å². The summed E-state index contributed by atoms with van der Waals surface area (Å²) in [6.45, 7) is 2.02. The zero-order valence-corrected chi connectivity index (χ0v) is 12.3. The van der Waals surface area contributed by atoms with E-state index < -0.39 is 0 Å². The third kappa shape index (κ3) is 1.84. The van der Waals surface area contributed by atoms with Gasteiger partial charge in [-0.3, -0.25) is 4.79 Å². The molecule has 4 heteroatoms. The fraction of sp³-hybridized carbons (Fsp3) is 0.111. The molecule has 2 aromatic carbocycles. The number of hydrogen-bond donors (Lipinski definition) is 0. The van der Waals surface area contributed by atoms with E-state index in [0.29, 0.717) is 5.89 Å². The second-order valence-electron chi connectivity index (χ2n) is 5.46. The maximum Gasteiger partial charge on any atom is 0.251 e. The van der Waals surface area contributed by atoms with E-state index in [1.54, 1.807) is 17.7 Å². The van der Waals surface area contributed by atoms with E-state index in [4.69, 9.17) is 4.42 Å². The molecule has 0 aliphatic rings. The topological polar surface area (TPSA) is 48.0 Å². The fourth-order valence-corrected chi connectivity index (χ4v) is 2.74. The number of oxazole rings is 1. The van der Waals surface area contributed by atoms with Crippen molar-refractivity contribution >= 4 is 22.0 Å². The Bertz CT molecular complexity index is 1070. The monoisotopic (exact) mass is 290 g/mol. The van der Waals surface area contributed by atoms with Gasteiger partial charge in [0.05, 0.1) is 11.1 Å². The van der Waals surface area contributed by atoms with E-state index in [1.807, 2.05) is 49.4 Å². The van der Waals surface area contributed by atoms with Crippen molar-refractivity contribution in [3.05, 3.63) is 64.4 Å². The van der Waals surface area contributed by atoms with Gasteiger partial charge < -0.3 is 8.98 Å². The van der Waals surface area contributed by atoms with Crippen molar-refractivity contribution in [2.24, 2.45) is 7.05 Å². The summed E-state index contributed by atoms with van der Waals surface area (Å²) in [5.74, 6) is 0.481. The molecular weight excluding hydrogens is 276 g/mol. The molecule has 0 bridgehead atoms. The lowest BCUT2D eigenvalue weighted by Gasteiger charge is -2.07. The fourth-order valence-electron chi connectivity index (χ4n) is 2.74. The maximum absolute atomic E-state index is 12.2. The number of hydrogen-bond acceptors (Lipinski definition) is 3. The molecule has 0 saturated heterocycles. The van der Waals surface area contributed by atoms with Gasteiger partial charge in [-0.1, -0.05) is 24.3 Å². The Morgan fingerprint density at radius 1 is 1.09 bits per heavy atom. The van der Waals surface area contributed by atoms with Gasteiger partial charge in [-0.25, -0.2) is 4.98 Å². The van der Waals surface area contributed by atoms with Gasteiger partial charge in [0.15, 0.2) is 5.58 Å². The van der Waals surface area contributed by atoms with Crippen LogP contribution < -0.4 is 5.56 Å². The lowest BCUT2D eigenvalue weighted by molar-refractivity contribution is 0.620. The summed E-state index contributed by atoms with van der Waals surface area (Å²) >= 11 is 0. The first kappa shape index (κ1) is 12.8. The van der Waals surface area contributed by atoms with Gasteiger partial charge in [-0.05, 0) is 30.7 Å². The number of para-hydroxylation sites is 1. The standard InChI is InChI=1S/C18H14N2O2/c1-11-7-8-16-14(9-11)19-18(22-16)13-10-17(21)20(2)15-6-4-3-5-12(13)15/h3-10H,1-2H3. The van der Waals surface area contributed by atoms with Crippen molar-refractivity contribution in [3.8, 4) is 11.5 Å². The highest BCUT2D eigenvalue weighted by molar-refractivity contribution is 5.93. The number of benzene rings is 2. The number of fused-ring (bicyclic) bond motifs is 2. The van der Waals surface area contributed by atoms with Crippen LogP contribution in [0.1, 0.15) is 5.56 Å². The molecule has 22 heavy (non-hydrogen) atoms.